The van der Waals surface area contributed by atoms with Crippen molar-refractivity contribution in [1.82, 2.24) is 10.3 Å². The number of rotatable bonds is 5. The molecule has 0 radical (unpaired) electrons. The Kier molecular flexibility index (Phi) is 5.72. The number of hydrogen-bond donors (Lipinski definition) is 3. The fourth-order valence-corrected chi connectivity index (χ4v) is 1.71. The molecule has 0 saturated carbocycles. The third-order valence-corrected chi connectivity index (χ3v) is 3.73. The van der Waals surface area contributed by atoms with Crippen molar-refractivity contribution < 1.29 is 4.79 Å². The van der Waals surface area contributed by atoms with Crippen LogP contribution in [0.15, 0.2) is 12.1 Å². The van der Waals surface area contributed by atoms with E-state index in [-0.39, 0.29) is 11.3 Å². The Balaban J connectivity index is 2.93. The van der Waals surface area contributed by atoms with Crippen molar-refractivity contribution in [2.45, 2.75) is 47.0 Å². The molecule has 0 fully saturated rings. The van der Waals surface area contributed by atoms with E-state index in [4.69, 9.17) is 5.84 Å². The van der Waals surface area contributed by atoms with Crippen LogP contribution in [0.1, 0.15) is 57.6 Å². The van der Waals surface area contributed by atoms with Gasteiger partial charge in [-0.2, -0.15) is 0 Å². The first-order chi connectivity index (χ1) is 9.65. The van der Waals surface area contributed by atoms with Crippen molar-refractivity contribution in [2.24, 2.45) is 17.7 Å². The van der Waals surface area contributed by atoms with Gasteiger partial charge in [0.2, 0.25) is 0 Å². The quantitative estimate of drug-likeness (QED) is 0.576. The van der Waals surface area contributed by atoms with Crippen LogP contribution in [-0.4, -0.2) is 17.4 Å². The molecule has 118 valence electrons. The lowest BCUT2D eigenvalue weighted by atomic mass is 9.90. The Hall–Kier alpha value is -1.62. The number of carbonyl (C=O) groups excluding carboxylic acids is 1. The second-order valence-corrected chi connectivity index (χ2v) is 6.95. The first-order valence-corrected chi connectivity index (χ1v) is 7.42. The van der Waals surface area contributed by atoms with Gasteiger partial charge in [0, 0.05) is 23.2 Å². The number of carbonyl (C=O) groups is 1. The first-order valence-electron chi connectivity index (χ1n) is 7.42. The molecule has 0 aliphatic rings. The van der Waals surface area contributed by atoms with Crippen LogP contribution in [0.4, 0.5) is 5.82 Å². The average Bonchev–Trinajstić information content (AvgIpc) is 2.42. The number of hydrogen-bond acceptors (Lipinski definition) is 4. The third kappa shape index (κ3) is 5.01. The van der Waals surface area contributed by atoms with Crippen LogP contribution in [0.25, 0.3) is 0 Å². The van der Waals surface area contributed by atoms with E-state index in [9.17, 15) is 4.79 Å². The fourth-order valence-electron chi connectivity index (χ4n) is 1.71. The summed E-state index contributed by atoms with van der Waals surface area (Å²) in [4.78, 5) is 16.7. The monoisotopic (exact) mass is 292 g/mol. The van der Waals surface area contributed by atoms with Gasteiger partial charge < -0.3 is 10.7 Å². The Labute approximate surface area is 127 Å². The molecule has 1 amide bonds. The molecular formula is C16H28N4O. The maximum absolute atomic E-state index is 12.3. The molecule has 0 aliphatic heterocycles. The zero-order valence-electron chi connectivity index (χ0n) is 13.9. The minimum atomic E-state index is -0.146. The maximum atomic E-state index is 12.3. The molecule has 0 spiro atoms. The summed E-state index contributed by atoms with van der Waals surface area (Å²) < 4.78 is 0. The van der Waals surface area contributed by atoms with Gasteiger partial charge in [0.1, 0.15) is 5.82 Å². The molecule has 5 nitrogen and oxygen atoms in total. The number of amides is 1. The van der Waals surface area contributed by atoms with E-state index >= 15 is 0 Å². The Morgan fingerprint density at radius 3 is 2.38 bits per heavy atom. The van der Waals surface area contributed by atoms with E-state index in [0.29, 0.717) is 29.8 Å². The summed E-state index contributed by atoms with van der Waals surface area (Å²) in [5, 5.41) is 2.97. The molecule has 1 unspecified atom stereocenters. The van der Waals surface area contributed by atoms with Crippen LogP contribution in [0.5, 0.6) is 0 Å². The molecule has 0 aromatic carbocycles. The highest BCUT2D eigenvalue weighted by atomic mass is 16.1. The zero-order valence-corrected chi connectivity index (χ0v) is 13.9. The third-order valence-electron chi connectivity index (χ3n) is 3.73. The van der Waals surface area contributed by atoms with Crippen LogP contribution in [0, 0.1) is 11.8 Å². The van der Waals surface area contributed by atoms with Crippen LogP contribution in [0.3, 0.4) is 0 Å². The number of pyridine rings is 1. The van der Waals surface area contributed by atoms with Crippen molar-refractivity contribution in [3.05, 3.63) is 23.4 Å². The van der Waals surface area contributed by atoms with Gasteiger partial charge in [-0.1, -0.05) is 41.5 Å². The molecule has 1 heterocycles. The van der Waals surface area contributed by atoms with Crippen molar-refractivity contribution >= 4 is 11.7 Å². The van der Waals surface area contributed by atoms with Gasteiger partial charge in [0.15, 0.2) is 0 Å². The summed E-state index contributed by atoms with van der Waals surface area (Å²) in [6.07, 6.45) is 0. The van der Waals surface area contributed by atoms with E-state index in [1.807, 2.05) is 6.07 Å². The number of nitrogen functional groups attached to an aromatic ring is 1. The molecule has 0 aliphatic carbocycles. The van der Waals surface area contributed by atoms with Crippen LogP contribution < -0.4 is 16.6 Å². The van der Waals surface area contributed by atoms with Crippen LogP contribution in [-0.2, 0) is 5.41 Å². The van der Waals surface area contributed by atoms with Crippen molar-refractivity contribution in [3.8, 4) is 0 Å². The second-order valence-electron chi connectivity index (χ2n) is 6.95. The molecule has 21 heavy (non-hydrogen) atoms. The van der Waals surface area contributed by atoms with Gasteiger partial charge in [-0.25, -0.2) is 10.8 Å². The second kappa shape index (κ2) is 6.89. The lowest BCUT2D eigenvalue weighted by molar-refractivity contribution is 0.0944. The highest BCUT2D eigenvalue weighted by Crippen LogP contribution is 2.23. The largest absolute Gasteiger partial charge is 0.352 e. The summed E-state index contributed by atoms with van der Waals surface area (Å²) in [6.45, 7) is 13.3. The van der Waals surface area contributed by atoms with Crippen LogP contribution >= 0.6 is 0 Å². The predicted octanol–water partition coefficient (Wildman–Crippen LogP) is 2.69. The lowest BCUT2D eigenvalue weighted by Crippen LogP contribution is -2.30. The summed E-state index contributed by atoms with van der Waals surface area (Å²) in [7, 11) is 0. The summed E-state index contributed by atoms with van der Waals surface area (Å²) >= 11 is 0. The molecule has 1 aromatic heterocycles. The fraction of sp³-hybridized carbons (Fsp3) is 0.625. The number of nitrogens with zero attached hydrogens (tertiary/aromatic N) is 1. The van der Waals surface area contributed by atoms with Gasteiger partial charge in [0.05, 0.1) is 0 Å². The van der Waals surface area contributed by atoms with Gasteiger partial charge in [-0.15, -0.1) is 0 Å². The molecule has 0 bridgehead atoms. The van der Waals surface area contributed by atoms with Gasteiger partial charge in [-0.3, -0.25) is 4.79 Å². The normalized spacial score (nSPS) is 13.1. The molecule has 4 N–H and O–H groups in total. The van der Waals surface area contributed by atoms with E-state index in [0.717, 1.165) is 5.69 Å². The van der Waals surface area contributed by atoms with E-state index < -0.39 is 0 Å². The standard InChI is InChI=1S/C16H28N4O/c1-10(2)11(3)9-18-15(21)12-7-13(16(4,5)6)19-14(8-12)20-17/h7-8,10-11H,9,17H2,1-6H3,(H,18,21)(H,19,20). The predicted molar refractivity (Wildman–Crippen MR) is 87.1 cm³/mol. The Morgan fingerprint density at radius 1 is 1.29 bits per heavy atom. The molecule has 1 rings (SSSR count). The molecule has 1 atom stereocenters. The molecular weight excluding hydrogens is 264 g/mol. The van der Waals surface area contributed by atoms with E-state index in [1.54, 1.807) is 6.07 Å². The molecule has 5 heteroatoms. The topological polar surface area (TPSA) is 80.0 Å². The minimum Gasteiger partial charge on any atom is -0.352 e. The summed E-state index contributed by atoms with van der Waals surface area (Å²) in [6, 6.07) is 3.50. The number of hydrazine groups is 1. The first kappa shape index (κ1) is 17.4. The van der Waals surface area contributed by atoms with Crippen molar-refractivity contribution in [1.29, 1.82) is 0 Å². The number of aromatic nitrogens is 1. The lowest BCUT2D eigenvalue weighted by Gasteiger charge is -2.20. The SMILES string of the molecule is CC(C)C(C)CNC(=O)c1cc(NN)nc(C(C)(C)C)c1. The smallest absolute Gasteiger partial charge is 0.251 e. The number of nitrogens with two attached hydrogens (primary N) is 1. The minimum absolute atomic E-state index is 0.0908. The van der Waals surface area contributed by atoms with E-state index in [2.05, 4.69) is 57.3 Å². The molecule has 1 aromatic rings. The zero-order chi connectivity index (χ0) is 16.2. The number of anilines is 1. The van der Waals surface area contributed by atoms with Crippen molar-refractivity contribution in [3.63, 3.8) is 0 Å². The maximum Gasteiger partial charge on any atom is 0.251 e. The summed E-state index contributed by atoms with van der Waals surface area (Å²) in [5.74, 6) is 6.83. The van der Waals surface area contributed by atoms with Gasteiger partial charge in [0.25, 0.3) is 5.91 Å². The Morgan fingerprint density at radius 2 is 1.90 bits per heavy atom. The average molecular weight is 292 g/mol. The van der Waals surface area contributed by atoms with Gasteiger partial charge >= 0.3 is 0 Å². The van der Waals surface area contributed by atoms with Crippen LogP contribution in [0.2, 0.25) is 0 Å². The number of nitrogens with one attached hydrogen (secondary N) is 2. The van der Waals surface area contributed by atoms with Crippen molar-refractivity contribution in [2.75, 3.05) is 12.0 Å². The van der Waals surface area contributed by atoms with Gasteiger partial charge in [-0.05, 0) is 24.0 Å². The highest BCUT2D eigenvalue weighted by molar-refractivity contribution is 5.95. The summed E-state index contributed by atoms with van der Waals surface area (Å²) in [5.41, 5.74) is 3.80. The van der Waals surface area contributed by atoms with E-state index in [1.165, 1.54) is 0 Å². The Bertz CT molecular complexity index is 492. The molecule has 0 saturated heterocycles. The highest BCUT2D eigenvalue weighted by Gasteiger charge is 2.19.